The van der Waals surface area contributed by atoms with Crippen LogP contribution >= 0.6 is 0 Å². The summed E-state index contributed by atoms with van der Waals surface area (Å²) in [6.07, 6.45) is 3.55. The lowest BCUT2D eigenvalue weighted by atomic mass is 10.0. The molecule has 0 bridgehead atoms. The third kappa shape index (κ3) is 6.00. The molecular weight excluding hydrogens is 407 g/mol. The summed E-state index contributed by atoms with van der Waals surface area (Å²) in [4.78, 5) is 16.6. The second-order valence-corrected chi connectivity index (χ2v) is 10.1. The van der Waals surface area contributed by atoms with Gasteiger partial charge in [-0.2, -0.15) is 4.31 Å². The third-order valence-electron chi connectivity index (χ3n) is 6.06. The van der Waals surface area contributed by atoms with Crippen LogP contribution in [-0.2, 0) is 14.8 Å². The molecule has 2 heterocycles. The number of nitrogens with zero attached hydrogens (tertiary/aromatic N) is 3. The fourth-order valence-corrected chi connectivity index (χ4v) is 5.62. The van der Waals surface area contributed by atoms with Crippen LogP contribution in [0.4, 0.5) is 4.39 Å². The molecule has 2 saturated heterocycles. The molecule has 0 aromatic heterocycles. The Labute approximate surface area is 179 Å². The lowest BCUT2D eigenvalue weighted by molar-refractivity contribution is -0.131. The Bertz CT molecular complexity index is 814. The first-order chi connectivity index (χ1) is 14.4. The van der Waals surface area contributed by atoms with Crippen molar-refractivity contribution in [2.75, 3.05) is 52.4 Å². The number of piperazine rings is 1. The lowest BCUT2D eigenvalue weighted by Crippen LogP contribution is -2.48. The van der Waals surface area contributed by atoms with Crippen molar-refractivity contribution in [1.82, 2.24) is 19.4 Å². The molecule has 1 amide bonds. The molecule has 7 nitrogen and oxygen atoms in total. The smallest absolute Gasteiger partial charge is 0.243 e. The van der Waals surface area contributed by atoms with Gasteiger partial charge in [0.1, 0.15) is 5.82 Å². The molecule has 0 aliphatic carbocycles. The van der Waals surface area contributed by atoms with E-state index in [0.717, 1.165) is 38.5 Å². The average Bonchev–Trinajstić information content (AvgIpc) is 2.75. The first kappa shape index (κ1) is 23.1. The molecule has 0 radical (unpaired) electrons. The van der Waals surface area contributed by atoms with Gasteiger partial charge in [0, 0.05) is 58.3 Å². The topological polar surface area (TPSA) is 73.0 Å². The van der Waals surface area contributed by atoms with Gasteiger partial charge in [0.05, 0.1) is 4.90 Å². The molecule has 2 aliphatic heterocycles. The van der Waals surface area contributed by atoms with Gasteiger partial charge in [0.2, 0.25) is 15.9 Å². The highest BCUT2D eigenvalue weighted by molar-refractivity contribution is 7.89. The SMILES string of the molecule is CC1CCCCN1CCN(CCC(=O)N1CCNCC1)S(=O)(=O)c1cccc(F)c1. The van der Waals surface area contributed by atoms with Gasteiger partial charge in [-0.15, -0.1) is 0 Å². The maximum Gasteiger partial charge on any atom is 0.243 e. The number of hydrogen-bond donors (Lipinski definition) is 1. The van der Waals surface area contributed by atoms with Crippen LogP contribution in [-0.4, -0.2) is 86.8 Å². The minimum atomic E-state index is -3.88. The second kappa shape index (κ2) is 10.7. The van der Waals surface area contributed by atoms with Crippen molar-refractivity contribution in [3.05, 3.63) is 30.1 Å². The zero-order valence-corrected chi connectivity index (χ0v) is 18.5. The number of carbonyl (C=O) groups excluding carboxylic acids is 1. The normalized spacial score (nSPS) is 21.2. The minimum absolute atomic E-state index is 0.0396. The zero-order valence-electron chi connectivity index (χ0n) is 17.7. The van der Waals surface area contributed by atoms with Gasteiger partial charge in [-0.05, 0) is 44.5 Å². The quantitative estimate of drug-likeness (QED) is 0.664. The Kier molecular flexibility index (Phi) is 8.21. The van der Waals surface area contributed by atoms with Crippen LogP contribution in [0, 0.1) is 5.82 Å². The highest BCUT2D eigenvalue weighted by Crippen LogP contribution is 2.20. The number of nitrogens with one attached hydrogen (secondary N) is 1. The van der Waals surface area contributed by atoms with Crippen LogP contribution in [0.3, 0.4) is 0 Å². The fourth-order valence-electron chi connectivity index (χ4n) is 4.15. The number of halogens is 1. The van der Waals surface area contributed by atoms with Crippen LogP contribution in [0.1, 0.15) is 32.6 Å². The molecule has 0 spiro atoms. The molecule has 2 fully saturated rings. The van der Waals surface area contributed by atoms with Crippen LogP contribution in [0.5, 0.6) is 0 Å². The predicted octanol–water partition coefficient (Wildman–Crippen LogP) is 1.51. The Morgan fingerprint density at radius 3 is 2.67 bits per heavy atom. The third-order valence-corrected chi connectivity index (χ3v) is 7.95. The molecule has 1 aromatic carbocycles. The summed E-state index contributed by atoms with van der Waals surface area (Å²) in [5, 5.41) is 3.21. The van der Waals surface area contributed by atoms with E-state index in [2.05, 4.69) is 17.1 Å². The van der Waals surface area contributed by atoms with Crippen LogP contribution in [0.15, 0.2) is 29.2 Å². The molecule has 1 N–H and O–H groups in total. The van der Waals surface area contributed by atoms with E-state index >= 15 is 0 Å². The number of likely N-dealkylation sites (tertiary alicyclic amines) is 1. The molecule has 168 valence electrons. The second-order valence-electron chi connectivity index (χ2n) is 8.12. The van der Waals surface area contributed by atoms with Crippen molar-refractivity contribution < 1.29 is 17.6 Å². The summed E-state index contributed by atoms with van der Waals surface area (Å²) in [7, 11) is -3.88. The maximum absolute atomic E-state index is 13.7. The summed E-state index contributed by atoms with van der Waals surface area (Å²) in [6, 6.07) is 5.50. The van der Waals surface area contributed by atoms with Crippen molar-refractivity contribution in [3.8, 4) is 0 Å². The van der Waals surface area contributed by atoms with E-state index in [-0.39, 0.29) is 30.3 Å². The van der Waals surface area contributed by atoms with Crippen molar-refractivity contribution in [3.63, 3.8) is 0 Å². The Balaban J connectivity index is 1.70. The number of carbonyl (C=O) groups is 1. The van der Waals surface area contributed by atoms with Gasteiger partial charge < -0.3 is 10.2 Å². The van der Waals surface area contributed by atoms with Gasteiger partial charge in [-0.25, -0.2) is 12.8 Å². The molecule has 0 saturated carbocycles. The van der Waals surface area contributed by atoms with Gasteiger partial charge in [0.15, 0.2) is 0 Å². The standard InChI is InChI=1S/C21H33FN4O3S/c1-18-5-2-3-11-24(18)15-16-26(12-8-21(27)25-13-9-23-10-14-25)30(28,29)20-7-4-6-19(22)17-20/h4,6-7,17-18,23H,2-3,5,8-16H2,1H3. The van der Waals surface area contributed by atoms with Gasteiger partial charge in [-0.1, -0.05) is 12.5 Å². The van der Waals surface area contributed by atoms with E-state index in [0.29, 0.717) is 25.7 Å². The number of hydrogen-bond acceptors (Lipinski definition) is 5. The predicted molar refractivity (Wildman–Crippen MR) is 114 cm³/mol. The maximum atomic E-state index is 13.7. The molecular formula is C21H33FN4O3S. The zero-order chi connectivity index (χ0) is 21.6. The van der Waals surface area contributed by atoms with E-state index in [1.165, 1.54) is 28.9 Å². The molecule has 30 heavy (non-hydrogen) atoms. The molecule has 9 heteroatoms. The number of sulfonamides is 1. The van der Waals surface area contributed by atoms with E-state index in [1.54, 1.807) is 4.90 Å². The van der Waals surface area contributed by atoms with E-state index < -0.39 is 15.8 Å². The van der Waals surface area contributed by atoms with Crippen LogP contribution in [0.25, 0.3) is 0 Å². The van der Waals surface area contributed by atoms with Crippen molar-refractivity contribution >= 4 is 15.9 Å². The van der Waals surface area contributed by atoms with Crippen molar-refractivity contribution in [2.24, 2.45) is 0 Å². The Morgan fingerprint density at radius 2 is 1.97 bits per heavy atom. The fraction of sp³-hybridized carbons (Fsp3) is 0.667. The summed E-state index contributed by atoms with van der Waals surface area (Å²) < 4.78 is 41.5. The number of benzene rings is 1. The Morgan fingerprint density at radius 1 is 1.20 bits per heavy atom. The van der Waals surface area contributed by atoms with Gasteiger partial charge >= 0.3 is 0 Å². The molecule has 2 aliphatic rings. The number of piperidine rings is 1. The molecule has 1 aromatic rings. The van der Waals surface area contributed by atoms with E-state index in [9.17, 15) is 17.6 Å². The summed E-state index contributed by atoms with van der Waals surface area (Å²) in [5.74, 6) is -0.625. The highest BCUT2D eigenvalue weighted by atomic mass is 32.2. The average molecular weight is 441 g/mol. The number of rotatable bonds is 8. The first-order valence-electron chi connectivity index (χ1n) is 10.9. The van der Waals surface area contributed by atoms with E-state index in [4.69, 9.17) is 0 Å². The lowest BCUT2D eigenvalue weighted by Gasteiger charge is -2.35. The monoisotopic (exact) mass is 440 g/mol. The molecule has 3 rings (SSSR count). The summed E-state index contributed by atoms with van der Waals surface area (Å²) >= 11 is 0. The van der Waals surface area contributed by atoms with Crippen molar-refractivity contribution in [2.45, 2.75) is 43.5 Å². The van der Waals surface area contributed by atoms with E-state index in [1.807, 2.05) is 0 Å². The van der Waals surface area contributed by atoms with Crippen LogP contribution in [0.2, 0.25) is 0 Å². The van der Waals surface area contributed by atoms with Gasteiger partial charge in [0.25, 0.3) is 0 Å². The van der Waals surface area contributed by atoms with Crippen LogP contribution < -0.4 is 5.32 Å². The van der Waals surface area contributed by atoms with Gasteiger partial charge in [-0.3, -0.25) is 9.69 Å². The molecule has 1 atom stereocenters. The number of amides is 1. The summed E-state index contributed by atoms with van der Waals surface area (Å²) in [6.45, 7) is 6.90. The summed E-state index contributed by atoms with van der Waals surface area (Å²) in [5.41, 5.74) is 0. The molecule has 1 unspecified atom stereocenters. The Hall–Kier alpha value is -1.55. The first-order valence-corrected chi connectivity index (χ1v) is 12.3. The van der Waals surface area contributed by atoms with Crippen molar-refractivity contribution in [1.29, 1.82) is 0 Å². The highest BCUT2D eigenvalue weighted by Gasteiger charge is 2.28. The largest absolute Gasteiger partial charge is 0.340 e. The minimum Gasteiger partial charge on any atom is -0.340 e.